The molecule has 4 aromatic rings. The van der Waals surface area contributed by atoms with Crippen LogP contribution < -0.4 is 15.4 Å². The number of nitrogens with one attached hydrogen (secondary N) is 2. The molecule has 2 heterocycles. The van der Waals surface area contributed by atoms with Gasteiger partial charge in [0, 0.05) is 28.6 Å². The van der Waals surface area contributed by atoms with Crippen molar-refractivity contribution in [3.05, 3.63) is 124 Å². The molecule has 0 saturated carbocycles. The standard InChI is InChI=1S/C31H20ClF2N3O3/c32-19-3-1-2-18(12-19)25-15-28(38)37-29(31(25)24-10-6-21(34)14-26(24)36-30(31)39)23-13-20(33)7-11-27(23)40-22-8-4-17(16-35)5-9-22/h1-14,25,29H,15H2,(H,36,39)(H,37,38)/t25-,29+,31-/m0/s1. The summed E-state index contributed by atoms with van der Waals surface area (Å²) in [5.41, 5.74) is 0.507. The molecule has 40 heavy (non-hydrogen) atoms. The zero-order valence-corrected chi connectivity index (χ0v) is 21.5. The number of carbonyl (C=O) groups is 2. The van der Waals surface area contributed by atoms with Gasteiger partial charge in [0.2, 0.25) is 11.8 Å². The predicted octanol–water partition coefficient (Wildman–Crippen LogP) is 6.52. The first-order valence-corrected chi connectivity index (χ1v) is 12.8. The second-order valence-corrected chi connectivity index (χ2v) is 10.2. The van der Waals surface area contributed by atoms with Crippen LogP contribution in [0.4, 0.5) is 14.5 Å². The number of nitriles is 1. The maximum Gasteiger partial charge on any atom is 0.238 e. The van der Waals surface area contributed by atoms with Crippen molar-refractivity contribution in [2.75, 3.05) is 5.32 Å². The molecule has 2 aliphatic rings. The van der Waals surface area contributed by atoms with E-state index in [1.54, 1.807) is 48.5 Å². The third kappa shape index (κ3) is 4.16. The number of carbonyl (C=O) groups excluding carboxylic acids is 2. The average Bonchev–Trinajstić information content (AvgIpc) is 3.22. The van der Waals surface area contributed by atoms with E-state index in [0.29, 0.717) is 27.5 Å². The van der Waals surface area contributed by atoms with Crippen molar-refractivity contribution in [3.63, 3.8) is 0 Å². The molecule has 9 heteroatoms. The molecule has 6 rings (SSSR count). The number of nitrogens with zero attached hydrogens (tertiary/aromatic N) is 1. The number of amides is 2. The number of hydrogen-bond acceptors (Lipinski definition) is 4. The van der Waals surface area contributed by atoms with Crippen LogP contribution in [0.3, 0.4) is 0 Å². The zero-order chi connectivity index (χ0) is 28.0. The molecule has 0 bridgehead atoms. The van der Waals surface area contributed by atoms with Crippen LogP contribution >= 0.6 is 11.6 Å². The Hall–Kier alpha value is -4.74. The maximum absolute atomic E-state index is 14.9. The zero-order valence-electron chi connectivity index (χ0n) is 20.8. The Labute approximate surface area is 233 Å². The van der Waals surface area contributed by atoms with E-state index in [2.05, 4.69) is 10.6 Å². The van der Waals surface area contributed by atoms with E-state index in [4.69, 9.17) is 21.6 Å². The lowest BCUT2D eigenvalue weighted by atomic mass is 9.59. The number of benzene rings is 4. The summed E-state index contributed by atoms with van der Waals surface area (Å²) in [5.74, 6) is -2.15. The van der Waals surface area contributed by atoms with Gasteiger partial charge in [-0.05, 0) is 77.9 Å². The summed E-state index contributed by atoms with van der Waals surface area (Å²) >= 11 is 6.32. The van der Waals surface area contributed by atoms with Gasteiger partial charge in [-0.15, -0.1) is 0 Å². The van der Waals surface area contributed by atoms with Crippen LogP contribution in [-0.4, -0.2) is 11.8 Å². The molecule has 3 atom stereocenters. The number of piperidine rings is 1. The van der Waals surface area contributed by atoms with Crippen LogP contribution in [0.5, 0.6) is 11.5 Å². The van der Waals surface area contributed by atoms with Gasteiger partial charge in [-0.2, -0.15) is 5.26 Å². The van der Waals surface area contributed by atoms with Crippen LogP contribution in [0, 0.1) is 23.0 Å². The first kappa shape index (κ1) is 25.5. The van der Waals surface area contributed by atoms with Gasteiger partial charge in [-0.3, -0.25) is 9.59 Å². The number of halogens is 3. The summed E-state index contributed by atoms with van der Waals surface area (Å²) in [4.78, 5) is 27.4. The fourth-order valence-corrected chi connectivity index (χ4v) is 6.03. The number of fused-ring (bicyclic) bond motifs is 2. The topological polar surface area (TPSA) is 91.2 Å². The lowest BCUT2D eigenvalue weighted by molar-refractivity contribution is -0.131. The van der Waals surface area contributed by atoms with Crippen LogP contribution in [-0.2, 0) is 15.0 Å². The molecule has 0 unspecified atom stereocenters. The summed E-state index contributed by atoms with van der Waals surface area (Å²) in [6.45, 7) is 0. The molecule has 2 amide bonds. The van der Waals surface area contributed by atoms with Crippen LogP contribution in [0.25, 0.3) is 0 Å². The quantitative estimate of drug-likeness (QED) is 0.300. The van der Waals surface area contributed by atoms with Gasteiger partial charge in [0.25, 0.3) is 0 Å². The van der Waals surface area contributed by atoms with E-state index in [-0.39, 0.29) is 29.3 Å². The summed E-state index contributed by atoms with van der Waals surface area (Å²) in [6, 6.07) is 22.0. The number of hydrogen-bond donors (Lipinski definition) is 2. The highest BCUT2D eigenvalue weighted by Gasteiger charge is 2.61. The van der Waals surface area contributed by atoms with Crippen molar-refractivity contribution in [2.24, 2.45) is 0 Å². The van der Waals surface area contributed by atoms with Gasteiger partial charge in [0.1, 0.15) is 28.5 Å². The third-order valence-electron chi connectivity index (χ3n) is 7.50. The molecule has 0 aromatic heterocycles. The Bertz CT molecular complexity index is 1720. The minimum absolute atomic E-state index is 0.0673. The molecular formula is C31H20ClF2N3O3. The highest BCUT2D eigenvalue weighted by Crippen LogP contribution is 2.58. The van der Waals surface area contributed by atoms with E-state index in [1.165, 1.54) is 36.4 Å². The molecule has 1 spiro atoms. The molecule has 1 saturated heterocycles. The smallest absolute Gasteiger partial charge is 0.238 e. The normalized spacial score (nSPS) is 21.4. The van der Waals surface area contributed by atoms with Crippen molar-refractivity contribution in [3.8, 4) is 17.6 Å². The largest absolute Gasteiger partial charge is 0.457 e. The third-order valence-corrected chi connectivity index (χ3v) is 7.73. The molecule has 0 radical (unpaired) electrons. The minimum atomic E-state index is -1.50. The Kier molecular flexibility index (Phi) is 6.24. The predicted molar refractivity (Wildman–Crippen MR) is 144 cm³/mol. The van der Waals surface area contributed by atoms with Crippen molar-refractivity contribution >= 4 is 29.1 Å². The van der Waals surface area contributed by atoms with E-state index in [0.717, 1.165) is 0 Å². The lowest BCUT2D eigenvalue weighted by Gasteiger charge is -2.46. The number of rotatable bonds is 4. The summed E-state index contributed by atoms with van der Waals surface area (Å²) in [6.07, 6.45) is -0.0673. The fourth-order valence-electron chi connectivity index (χ4n) is 5.83. The van der Waals surface area contributed by atoms with Crippen LogP contribution in [0.1, 0.15) is 40.6 Å². The van der Waals surface area contributed by atoms with Gasteiger partial charge >= 0.3 is 0 Å². The molecule has 2 N–H and O–H groups in total. The Morgan fingerprint density at radius 1 is 0.950 bits per heavy atom. The molecule has 0 aliphatic carbocycles. The maximum atomic E-state index is 14.9. The lowest BCUT2D eigenvalue weighted by Crippen LogP contribution is -2.56. The molecule has 1 fully saturated rings. The van der Waals surface area contributed by atoms with Gasteiger partial charge < -0.3 is 15.4 Å². The van der Waals surface area contributed by atoms with Crippen molar-refractivity contribution in [1.29, 1.82) is 5.26 Å². The Morgan fingerprint density at radius 3 is 2.45 bits per heavy atom. The van der Waals surface area contributed by atoms with Gasteiger partial charge in [0.05, 0.1) is 17.7 Å². The summed E-state index contributed by atoms with van der Waals surface area (Å²) in [7, 11) is 0. The highest BCUT2D eigenvalue weighted by molar-refractivity contribution is 6.30. The average molecular weight is 556 g/mol. The van der Waals surface area contributed by atoms with Gasteiger partial charge in [0.15, 0.2) is 0 Å². The summed E-state index contributed by atoms with van der Waals surface area (Å²) in [5, 5.41) is 15.3. The van der Waals surface area contributed by atoms with Gasteiger partial charge in [-0.25, -0.2) is 8.78 Å². The van der Waals surface area contributed by atoms with Crippen molar-refractivity contribution < 1.29 is 23.1 Å². The second kappa shape index (κ2) is 9.78. The fraction of sp³-hybridized carbons (Fsp3) is 0.129. The SMILES string of the molecule is N#Cc1ccc(Oc2ccc(F)cc2[C@H]2NC(=O)C[C@@H](c3cccc(Cl)c3)[C@]23C(=O)Nc2cc(F)ccc23)cc1. The monoisotopic (exact) mass is 555 g/mol. The first-order valence-electron chi connectivity index (χ1n) is 12.4. The highest BCUT2D eigenvalue weighted by atomic mass is 35.5. The van der Waals surface area contributed by atoms with E-state index in [9.17, 15) is 18.4 Å². The molecule has 6 nitrogen and oxygen atoms in total. The van der Waals surface area contributed by atoms with Gasteiger partial charge in [-0.1, -0.05) is 29.8 Å². The van der Waals surface area contributed by atoms with Crippen LogP contribution in [0.15, 0.2) is 84.9 Å². The molecular weight excluding hydrogens is 536 g/mol. The molecule has 2 aliphatic heterocycles. The number of ether oxygens (including phenoxy) is 1. The molecule has 4 aromatic carbocycles. The minimum Gasteiger partial charge on any atom is -0.457 e. The number of anilines is 1. The van der Waals surface area contributed by atoms with Crippen molar-refractivity contribution in [1.82, 2.24) is 5.32 Å². The second-order valence-electron chi connectivity index (χ2n) is 9.75. The Morgan fingerprint density at radius 2 is 1.70 bits per heavy atom. The van der Waals surface area contributed by atoms with E-state index >= 15 is 0 Å². The van der Waals surface area contributed by atoms with E-state index < -0.39 is 34.9 Å². The van der Waals surface area contributed by atoms with Crippen LogP contribution in [0.2, 0.25) is 5.02 Å². The Balaban J connectivity index is 1.58. The first-order chi connectivity index (χ1) is 19.3. The summed E-state index contributed by atoms with van der Waals surface area (Å²) < 4.78 is 35.3. The molecule has 198 valence electrons. The van der Waals surface area contributed by atoms with Crippen molar-refractivity contribution in [2.45, 2.75) is 23.8 Å². The van der Waals surface area contributed by atoms with E-state index in [1.807, 2.05) is 6.07 Å².